The molecular weight excluding hydrogens is 504 g/mol. The van der Waals surface area contributed by atoms with Crippen molar-refractivity contribution in [1.29, 1.82) is 0 Å². The molecule has 0 unspecified atom stereocenters. The van der Waals surface area contributed by atoms with Crippen LogP contribution < -0.4 is 0 Å². The minimum absolute atomic E-state index is 1.23. The molecule has 0 amide bonds. The maximum Gasteiger partial charge on any atom is -0.00201 e. The van der Waals surface area contributed by atoms with Gasteiger partial charge in [0, 0.05) is 0 Å². The van der Waals surface area contributed by atoms with Gasteiger partial charge in [-0.05, 0) is 88.0 Å². The Morgan fingerprint density at radius 3 is 1.29 bits per heavy atom. The van der Waals surface area contributed by atoms with E-state index >= 15 is 0 Å². The number of hydrogen-bond acceptors (Lipinski definition) is 0. The highest BCUT2D eigenvalue weighted by Crippen LogP contribution is 2.49. The van der Waals surface area contributed by atoms with E-state index in [1.165, 1.54) is 88.0 Å². The first-order valence-electron chi connectivity index (χ1n) is 14.6. The van der Waals surface area contributed by atoms with Gasteiger partial charge in [0.15, 0.2) is 0 Å². The Bertz CT molecular complexity index is 2290. The summed E-state index contributed by atoms with van der Waals surface area (Å²) in [5.74, 6) is 0. The monoisotopic (exact) mass is 530 g/mol. The van der Waals surface area contributed by atoms with E-state index in [-0.39, 0.29) is 0 Å². The van der Waals surface area contributed by atoms with Crippen LogP contribution in [0.5, 0.6) is 0 Å². The normalized spacial score (nSPS) is 11.8. The van der Waals surface area contributed by atoms with E-state index in [4.69, 9.17) is 0 Å². The minimum Gasteiger partial charge on any atom is -0.0622 e. The Labute approximate surface area is 245 Å². The smallest absolute Gasteiger partial charge is 0.00201 e. The molecule has 0 aromatic heterocycles. The van der Waals surface area contributed by atoms with Gasteiger partial charge in [-0.2, -0.15) is 0 Å². The van der Waals surface area contributed by atoms with E-state index in [1.54, 1.807) is 0 Å². The van der Waals surface area contributed by atoms with E-state index in [0.717, 1.165) is 0 Å². The van der Waals surface area contributed by atoms with Crippen LogP contribution in [0.25, 0.3) is 88.0 Å². The average Bonchev–Trinajstić information content (AvgIpc) is 3.40. The van der Waals surface area contributed by atoms with Gasteiger partial charge in [0.1, 0.15) is 0 Å². The fourth-order valence-corrected chi connectivity index (χ4v) is 7.22. The van der Waals surface area contributed by atoms with E-state index in [2.05, 4.69) is 158 Å². The molecule has 1 aliphatic carbocycles. The lowest BCUT2D eigenvalue weighted by Crippen LogP contribution is -1.92. The molecule has 0 saturated carbocycles. The lowest BCUT2D eigenvalue weighted by molar-refractivity contribution is 1.61. The Hall–Kier alpha value is -5.46. The highest BCUT2D eigenvalue weighted by atomic mass is 14.3. The molecular formula is C42H26. The van der Waals surface area contributed by atoms with Crippen LogP contribution in [0.4, 0.5) is 0 Å². The first-order valence-corrected chi connectivity index (χ1v) is 14.6. The molecule has 0 atom stereocenters. The van der Waals surface area contributed by atoms with Crippen molar-refractivity contribution in [2.24, 2.45) is 0 Å². The zero-order valence-electron chi connectivity index (χ0n) is 23.0. The molecule has 8 aromatic rings. The van der Waals surface area contributed by atoms with E-state index in [0.29, 0.717) is 0 Å². The molecule has 0 fully saturated rings. The molecule has 0 heterocycles. The van der Waals surface area contributed by atoms with Crippen LogP contribution in [0.15, 0.2) is 158 Å². The first-order chi connectivity index (χ1) is 20.9. The van der Waals surface area contributed by atoms with Gasteiger partial charge in [-0.1, -0.05) is 158 Å². The van der Waals surface area contributed by atoms with Crippen LogP contribution in [0, 0.1) is 0 Å². The lowest BCUT2D eigenvalue weighted by Gasteiger charge is -2.19. The van der Waals surface area contributed by atoms with Gasteiger partial charge in [0.25, 0.3) is 0 Å². The Balaban J connectivity index is 1.27. The summed E-state index contributed by atoms with van der Waals surface area (Å²) < 4.78 is 0. The Morgan fingerprint density at radius 1 is 0.214 bits per heavy atom. The predicted octanol–water partition coefficient (Wildman–Crippen LogP) is 11.8. The largest absolute Gasteiger partial charge is 0.0622 e. The third-order valence-electron chi connectivity index (χ3n) is 9.03. The maximum atomic E-state index is 2.32. The summed E-state index contributed by atoms with van der Waals surface area (Å²) in [5.41, 5.74) is 12.9. The number of benzene rings is 8. The van der Waals surface area contributed by atoms with Gasteiger partial charge < -0.3 is 0 Å². The summed E-state index contributed by atoms with van der Waals surface area (Å²) >= 11 is 0. The van der Waals surface area contributed by atoms with Crippen LogP contribution in [0.3, 0.4) is 0 Å². The van der Waals surface area contributed by atoms with Gasteiger partial charge in [-0.3, -0.25) is 0 Å². The highest BCUT2D eigenvalue weighted by molar-refractivity contribution is 6.22. The van der Waals surface area contributed by atoms with Crippen molar-refractivity contribution in [2.75, 3.05) is 0 Å². The van der Waals surface area contributed by atoms with Crippen molar-refractivity contribution in [1.82, 2.24) is 0 Å². The van der Waals surface area contributed by atoms with Gasteiger partial charge in [0.2, 0.25) is 0 Å². The van der Waals surface area contributed by atoms with Gasteiger partial charge >= 0.3 is 0 Å². The second-order valence-corrected chi connectivity index (χ2v) is 11.2. The fourth-order valence-electron chi connectivity index (χ4n) is 7.22. The molecule has 0 saturated heterocycles. The van der Waals surface area contributed by atoms with Crippen molar-refractivity contribution in [3.63, 3.8) is 0 Å². The summed E-state index contributed by atoms with van der Waals surface area (Å²) in [5, 5.41) is 7.84. The topological polar surface area (TPSA) is 0 Å². The quantitative estimate of drug-likeness (QED) is 0.199. The van der Waals surface area contributed by atoms with Crippen molar-refractivity contribution >= 4 is 32.3 Å². The van der Waals surface area contributed by atoms with E-state index in [1.807, 2.05) is 0 Å². The minimum atomic E-state index is 1.23. The van der Waals surface area contributed by atoms with Crippen LogP contribution in [-0.2, 0) is 0 Å². The molecule has 0 bridgehead atoms. The van der Waals surface area contributed by atoms with Crippen LogP contribution in [-0.4, -0.2) is 0 Å². The van der Waals surface area contributed by atoms with Crippen molar-refractivity contribution in [2.45, 2.75) is 0 Å². The molecule has 0 nitrogen and oxygen atoms in total. The van der Waals surface area contributed by atoms with Crippen molar-refractivity contribution in [3.8, 4) is 55.6 Å². The summed E-state index contributed by atoms with van der Waals surface area (Å²) in [6, 6.07) is 57.9. The number of fused-ring (bicyclic) bond motifs is 6. The van der Waals surface area contributed by atoms with E-state index < -0.39 is 0 Å². The molecule has 194 valence electrons. The SMILES string of the molecule is c1ccc(-c2c(-c3ccc(-c4ccc5c6c(cccc46)-c4ccccc4-5)cc3)c3ccccc3c3ccccc23)cc1. The molecule has 0 spiro atoms. The van der Waals surface area contributed by atoms with Gasteiger partial charge in [-0.15, -0.1) is 0 Å². The molecule has 8 aromatic carbocycles. The molecule has 0 N–H and O–H groups in total. The fraction of sp³-hybridized carbons (Fsp3) is 0. The summed E-state index contributed by atoms with van der Waals surface area (Å²) in [6.07, 6.45) is 0. The molecule has 0 aliphatic heterocycles. The van der Waals surface area contributed by atoms with Crippen molar-refractivity contribution in [3.05, 3.63) is 158 Å². The highest BCUT2D eigenvalue weighted by Gasteiger charge is 2.22. The maximum absolute atomic E-state index is 2.32. The second kappa shape index (κ2) is 9.03. The summed E-state index contributed by atoms with van der Waals surface area (Å²) in [7, 11) is 0. The third-order valence-corrected chi connectivity index (χ3v) is 9.03. The molecule has 0 radical (unpaired) electrons. The predicted molar refractivity (Wildman–Crippen MR) is 180 cm³/mol. The second-order valence-electron chi connectivity index (χ2n) is 11.2. The summed E-state index contributed by atoms with van der Waals surface area (Å²) in [6.45, 7) is 0. The lowest BCUT2D eigenvalue weighted by atomic mass is 9.84. The molecule has 1 aliphatic rings. The number of hydrogen-bond donors (Lipinski definition) is 0. The molecule has 9 rings (SSSR count). The van der Waals surface area contributed by atoms with Crippen LogP contribution in [0.2, 0.25) is 0 Å². The Morgan fingerprint density at radius 2 is 0.643 bits per heavy atom. The van der Waals surface area contributed by atoms with Crippen molar-refractivity contribution < 1.29 is 0 Å². The first kappa shape index (κ1) is 23.3. The zero-order chi connectivity index (χ0) is 27.6. The standard InChI is InChI=1S/C42H26/c1-2-11-28(12-3-1)40-36-17-8-6-13-31(36)32-14-7-9-18-37(32)41(40)29-23-21-27(22-24-29)30-25-26-39-34-16-5-4-15-33(34)38-20-10-19-35(30)42(38)39/h1-26H. The summed E-state index contributed by atoms with van der Waals surface area (Å²) in [4.78, 5) is 0. The Kier molecular flexibility index (Phi) is 5.00. The molecule has 0 heteroatoms. The molecule has 42 heavy (non-hydrogen) atoms. The average molecular weight is 531 g/mol. The van der Waals surface area contributed by atoms with E-state index in [9.17, 15) is 0 Å². The van der Waals surface area contributed by atoms with Gasteiger partial charge in [-0.25, -0.2) is 0 Å². The number of rotatable bonds is 3. The third kappa shape index (κ3) is 3.30. The van der Waals surface area contributed by atoms with Crippen LogP contribution in [0.1, 0.15) is 0 Å². The van der Waals surface area contributed by atoms with Crippen LogP contribution >= 0.6 is 0 Å². The zero-order valence-corrected chi connectivity index (χ0v) is 23.0. The van der Waals surface area contributed by atoms with Gasteiger partial charge in [0.05, 0.1) is 0 Å².